The van der Waals surface area contributed by atoms with Crippen molar-refractivity contribution in [1.82, 2.24) is 4.72 Å². The Kier molecular flexibility index (Phi) is 7.18. The number of halogens is 3. The molecule has 3 aliphatic rings. The topological polar surface area (TPSA) is 93.5 Å². The fraction of sp³-hybridized carbons (Fsp3) is 0.565. The van der Waals surface area contributed by atoms with Gasteiger partial charge in [-0.1, -0.05) is 24.3 Å². The molecule has 33 heavy (non-hydrogen) atoms. The smallest absolute Gasteiger partial charge is 0.381 e. The Morgan fingerprint density at radius 3 is 2.73 bits per heavy atom. The molecule has 10 heteroatoms. The Balaban J connectivity index is 1.58. The van der Waals surface area contributed by atoms with Gasteiger partial charge in [-0.05, 0) is 50.4 Å². The number of nitrogens with one attached hydrogen (secondary N) is 2. The number of anilines is 1. The molecule has 6 nitrogen and oxygen atoms in total. The van der Waals surface area contributed by atoms with Crippen LogP contribution < -0.4 is 15.8 Å². The van der Waals surface area contributed by atoms with Gasteiger partial charge >= 0.3 is 6.18 Å². The van der Waals surface area contributed by atoms with Crippen LogP contribution in [0.3, 0.4) is 0 Å². The average molecular weight is 486 g/mol. The predicted octanol–water partition coefficient (Wildman–Crippen LogP) is 3.74. The van der Waals surface area contributed by atoms with Crippen molar-refractivity contribution >= 4 is 15.7 Å². The maximum Gasteiger partial charge on any atom is 0.416 e. The molecule has 0 aromatic heterocycles. The highest BCUT2D eigenvalue weighted by Gasteiger charge is 2.45. The van der Waals surface area contributed by atoms with Crippen molar-refractivity contribution in [3.8, 4) is 0 Å². The molecule has 4 rings (SSSR count). The number of sulfonamides is 1. The number of hydrogen-bond donors (Lipinski definition) is 3. The van der Waals surface area contributed by atoms with E-state index in [0.717, 1.165) is 18.9 Å². The number of rotatable bonds is 7. The molecule has 182 valence electrons. The standard InChI is InChI=1S/C23H30F3N3O3S/c24-23(25,26)16-7-10-20-19(13-16)22-18(21(29-20)15-5-2-1-3-6-15)9-8-17(32-22)14-28-33(30,31)12-4-11-27/h1-3,5,7,10,13,15,17-18,21-22,28-29H,4,6,8-9,11-12,14,27H2/t15?,17-,18+,21+,22+/m1/s1. The van der Waals surface area contributed by atoms with Crippen LogP contribution in [0.25, 0.3) is 0 Å². The number of allylic oxidation sites excluding steroid dienone is 3. The van der Waals surface area contributed by atoms with Gasteiger partial charge in [0.2, 0.25) is 10.0 Å². The third-order valence-corrected chi connectivity index (χ3v) is 8.07. The normalized spacial score (nSPS) is 29.3. The van der Waals surface area contributed by atoms with Crippen molar-refractivity contribution in [3.63, 3.8) is 0 Å². The van der Waals surface area contributed by atoms with Crippen molar-refractivity contribution in [2.45, 2.75) is 50.1 Å². The van der Waals surface area contributed by atoms with E-state index < -0.39 is 34.0 Å². The summed E-state index contributed by atoms with van der Waals surface area (Å²) in [7, 11) is -3.47. The summed E-state index contributed by atoms with van der Waals surface area (Å²) in [4.78, 5) is 0. The molecule has 1 unspecified atom stereocenters. The van der Waals surface area contributed by atoms with E-state index >= 15 is 0 Å². The minimum atomic E-state index is -4.45. The van der Waals surface area contributed by atoms with Crippen LogP contribution in [0, 0.1) is 11.8 Å². The number of ether oxygens (including phenoxy) is 1. The summed E-state index contributed by atoms with van der Waals surface area (Å²) in [5.41, 5.74) is 5.81. The van der Waals surface area contributed by atoms with E-state index in [1.54, 1.807) is 0 Å². The minimum Gasteiger partial charge on any atom is -0.381 e. The number of benzene rings is 1. The number of fused-ring (bicyclic) bond motifs is 3. The molecule has 0 amide bonds. The monoisotopic (exact) mass is 485 g/mol. The SMILES string of the molecule is NCCCS(=O)(=O)NC[C@H]1CC[C@@H]2[C@H](O1)c1cc(C(F)(F)F)ccc1N[C@H]2C1C=CC=CC1. The molecule has 1 aromatic carbocycles. The lowest BCUT2D eigenvalue weighted by Crippen LogP contribution is -2.48. The van der Waals surface area contributed by atoms with Crippen molar-refractivity contribution in [3.05, 3.63) is 53.6 Å². The van der Waals surface area contributed by atoms with Gasteiger partial charge in [-0.25, -0.2) is 13.1 Å². The highest BCUT2D eigenvalue weighted by molar-refractivity contribution is 7.89. The lowest BCUT2D eigenvalue weighted by atomic mass is 9.73. The fourth-order valence-corrected chi connectivity index (χ4v) is 6.11. The molecule has 4 N–H and O–H groups in total. The molecule has 1 fully saturated rings. The van der Waals surface area contributed by atoms with Crippen molar-refractivity contribution in [1.29, 1.82) is 0 Å². The van der Waals surface area contributed by atoms with Gasteiger partial charge in [0.25, 0.3) is 0 Å². The second kappa shape index (κ2) is 9.77. The summed E-state index contributed by atoms with van der Waals surface area (Å²) in [6.45, 7) is 0.372. The minimum absolute atomic E-state index is 0.0163. The Morgan fingerprint density at radius 2 is 2.03 bits per heavy atom. The summed E-state index contributed by atoms with van der Waals surface area (Å²) in [5, 5.41) is 3.48. The van der Waals surface area contributed by atoms with Crippen molar-refractivity contribution in [2.24, 2.45) is 17.6 Å². The first kappa shape index (κ1) is 24.3. The molecule has 0 saturated carbocycles. The Labute approximate surface area is 192 Å². The fourth-order valence-electron chi connectivity index (χ4n) is 4.98. The van der Waals surface area contributed by atoms with Crippen LogP contribution in [-0.2, 0) is 20.9 Å². The van der Waals surface area contributed by atoms with Gasteiger partial charge in [0.15, 0.2) is 0 Å². The molecule has 1 aromatic rings. The van der Waals surface area contributed by atoms with Crippen LogP contribution >= 0.6 is 0 Å². The zero-order valence-electron chi connectivity index (χ0n) is 18.2. The van der Waals surface area contributed by atoms with Crippen molar-refractivity contribution < 1.29 is 26.3 Å². The Morgan fingerprint density at radius 1 is 1.21 bits per heavy atom. The highest BCUT2D eigenvalue weighted by atomic mass is 32.2. The molecular formula is C23H30F3N3O3S. The molecule has 1 aliphatic carbocycles. The van der Waals surface area contributed by atoms with Crippen LogP contribution in [0.4, 0.5) is 18.9 Å². The zero-order chi connectivity index (χ0) is 23.6. The van der Waals surface area contributed by atoms with Crippen LogP contribution in [0.15, 0.2) is 42.5 Å². The summed E-state index contributed by atoms with van der Waals surface area (Å²) in [6, 6.07) is 3.75. The molecule has 2 aliphatic heterocycles. The van der Waals surface area contributed by atoms with Gasteiger partial charge in [-0.3, -0.25) is 0 Å². The van der Waals surface area contributed by atoms with Crippen LogP contribution in [0.1, 0.15) is 42.9 Å². The first-order valence-corrected chi connectivity index (χ1v) is 13.0. The first-order valence-electron chi connectivity index (χ1n) is 11.3. The molecule has 0 radical (unpaired) electrons. The van der Waals surface area contributed by atoms with Gasteiger partial charge < -0.3 is 15.8 Å². The van der Waals surface area contributed by atoms with Gasteiger partial charge in [0.05, 0.1) is 23.5 Å². The lowest BCUT2D eigenvalue weighted by Gasteiger charge is -2.47. The second-order valence-electron chi connectivity index (χ2n) is 8.91. The molecule has 0 spiro atoms. The van der Waals surface area contributed by atoms with E-state index in [2.05, 4.69) is 22.2 Å². The molecular weight excluding hydrogens is 455 g/mol. The first-order chi connectivity index (χ1) is 15.7. The molecule has 1 saturated heterocycles. The predicted molar refractivity (Wildman–Crippen MR) is 121 cm³/mol. The highest BCUT2D eigenvalue weighted by Crippen LogP contribution is 2.49. The van der Waals surface area contributed by atoms with E-state index in [9.17, 15) is 21.6 Å². The molecule has 5 atom stereocenters. The number of alkyl halides is 3. The largest absolute Gasteiger partial charge is 0.416 e. The molecule has 0 bridgehead atoms. The van der Waals surface area contributed by atoms with E-state index in [4.69, 9.17) is 10.5 Å². The third kappa shape index (κ3) is 5.62. The third-order valence-electron chi connectivity index (χ3n) is 6.64. The van der Waals surface area contributed by atoms with E-state index in [-0.39, 0.29) is 36.7 Å². The van der Waals surface area contributed by atoms with Crippen molar-refractivity contribution in [2.75, 3.05) is 24.2 Å². The number of nitrogens with two attached hydrogens (primary N) is 1. The van der Waals surface area contributed by atoms with Gasteiger partial charge in [-0.2, -0.15) is 13.2 Å². The summed E-state index contributed by atoms with van der Waals surface area (Å²) >= 11 is 0. The summed E-state index contributed by atoms with van der Waals surface area (Å²) in [6.07, 6.45) is 5.34. The average Bonchev–Trinajstić information content (AvgIpc) is 2.80. The van der Waals surface area contributed by atoms with Gasteiger partial charge in [0, 0.05) is 35.7 Å². The lowest BCUT2D eigenvalue weighted by molar-refractivity contribution is -0.138. The Bertz CT molecular complexity index is 1010. The van der Waals surface area contributed by atoms with Crippen LogP contribution in [-0.4, -0.2) is 39.4 Å². The van der Waals surface area contributed by atoms with Crippen LogP contribution in [0.2, 0.25) is 0 Å². The summed E-state index contributed by atoms with van der Waals surface area (Å²) in [5.74, 6) is 0.119. The molecule has 2 heterocycles. The quantitative estimate of drug-likeness (QED) is 0.547. The zero-order valence-corrected chi connectivity index (χ0v) is 19.0. The Hall–Kier alpha value is -1.88. The van der Waals surface area contributed by atoms with E-state index in [1.165, 1.54) is 12.1 Å². The van der Waals surface area contributed by atoms with Gasteiger partial charge in [0.1, 0.15) is 0 Å². The summed E-state index contributed by atoms with van der Waals surface area (Å²) < 4.78 is 73.4. The number of hydrogen-bond acceptors (Lipinski definition) is 5. The maximum atomic E-state index is 13.4. The van der Waals surface area contributed by atoms with Gasteiger partial charge in [-0.15, -0.1) is 0 Å². The van der Waals surface area contributed by atoms with Crippen LogP contribution in [0.5, 0.6) is 0 Å². The second-order valence-corrected chi connectivity index (χ2v) is 10.8. The van der Waals surface area contributed by atoms with E-state index in [1.807, 2.05) is 12.2 Å². The van der Waals surface area contributed by atoms with E-state index in [0.29, 0.717) is 24.1 Å². The maximum absolute atomic E-state index is 13.4.